The third-order valence-corrected chi connectivity index (χ3v) is 6.13. The first-order valence-electron chi connectivity index (χ1n) is 10.1. The van der Waals surface area contributed by atoms with E-state index in [1.807, 2.05) is 6.08 Å². The second kappa shape index (κ2) is 9.23. The predicted molar refractivity (Wildman–Crippen MR) is 129 cm³/mol. The van der Waals surface area contributed by atoms with Gasteiger partial charge in [-0.1, -0.05) is 92.5 Å². The van der Waals surface area contributed by atoms with Crippen molar-refractivity contribution in [3.63, 3.8) is 0 Å². The monoisotopic (exact) mass is 402 g/mol. The highest BCUT2D eigenvalue weighted by atomic mass is 32.1. The summed E-state index contributed by atoms with van der Waals surface area (Å²) < 4.78 is 1.23. The maximum absolute atomic E-state index is 4.77. The third kappa shape index (κ3) is 5.04. The molecule has 0 amide bonds. The standard InChI is InChI=1S/C26H30N2S/c1-6-11-20(12-7-2)24(21-13-9-8-10-14-21)26(4,5)18-27-25-28-22-16-15-19(3)17-23(22)29-25/h6-17,24H,1,18H2,2-5H3,(H,27,28)/b12-7-,20-11+. The highest BCUT2D eigenvalue weighted by Crippen LogP contribution is 2.42. The van der Waals surface area contributed by atoms with Crippen LogP contribution < -0.4 is 5.32 Å². The van der Waals surface area contributed by atoms with Gasteiger partial charge in [0.05, 0.1) is 10.2 Å². The Bertz CT molecular complexity index is 1030. The minimum absolute atomic E-state index is 0.0382. The molecule has 3 heteroatoms. The molecule has 150 valence electrons. The number of aromatic nitrogens is 1. The second-order valence-corrected chi connectivity index (χ2v) is 9.11. The molecule has 0 bridgehead atoms. The van der Waals surface area contributed by atoms with Gasteiger partial charge in [-0.25, -0.2) is 4.98 Å². The maximum Gasteiger partial charge on any atom is 0.183 e. The SMILES string of the molecule is C=C/C=C(\C=C/C)C(c1ccccc1)C(C)(C)CNc1nc2ccc(C)cc2s1. The van der Waals surface area contributed by atoms with E-state index in [4.69, 9.17) is 4.98 Å². The zero-order chi connectivity index (χ0) is 20.9. The Labute approximate surface area is 178 Å². The molecule has 1 heterocycles. The minimum Gasteiger partial charge on any atom is -0.361 e. The number of nitrogens with zero attached hydrogens (tertiary/aromatic N) is 1. The lowest BCUT2D eigenvalue weighted by Crippen LogP contribution is -2.31. The molecule has 3 aromatic rings. The molecule has 3 rings (SSSR count). The molecular weight excluding hydrogens is 372 g/mol. The number of hydrogen-bond acceptors (Lipinski definition) is 3. The van der Waals surface area contributed by atoms with Gasteiger partial charge in [-0.3, -0.25) is 0 Å². The lowest BCUT2D eigenvalue weighted by molar-refractivity contribution is 0.340. The first-order valence-corrected chi connectivity index (χ1v) is 10.9. The van der Waals surface area contributed by atoms with Crippen molar-refractivity contribution in [1.29, 1.82) is 0 Å². The average Bonchev–Trinajstić information content (AvgIpc) is 3.10. The van der Waals surface area contributed by atoms with Crippen LogP contribution in [0.15, 0.2) is 85.0 Å². The Balaban J connectivity index is 1.90. The second-order valence-electron chi connectivity index (χ2n) is 8.08. The average molecular weight is 403 g/mol. The van der Waals surface area contributed by atoms with Gasteiger partial charge in [-0.2, -0.15) is 0 Å². The highest BCUT2D eigenvalue weighted by Gasteiger charge is 2.32. The van der Waals surface area contributed by atoms with E-state index in [1.165, 1.54) is 21.4 Å². The van der Waals surface area contributed by atoms with Crippen molar-refractivity contribution in [1.82, 2.24) is 4.98 Å². The summed E-state index contributed by atoms with van der Waals surface area (Å²) in [7, 11) is 0. The number of rotatable bonds is 8. The Morgan fingerprint density at radius 3 is 2.66 bits per heavy atom. The number of thiazole rings is 1. The Hall–Kier alpha value is -2.65. The van der Waals surface area contributed by atoms with Crippen molar-refractivity contribution in [2.24, 2.45) is 5.41 Å². The fourth-order valence-corrected chi connectivity index (χ4v) is 4.79. The largest absolute Gasteiger partial charge is 0.361 e. The number of allylic oxidation sites excluding steroid dienone is 5. The number of fused-ring (bicyclic) bond motifs is 1. The van der Waals surface area contributed by atoms with Crippen molar-refractivity contribution in [3.8, 4) is 0 Å². The van der Waals surface area contributed by atoms with E-state index < -0.39 is 0 Å². The molecule has 0 fully saturated rings. The first-order chi connectivity index (χ1) is 13.9. The summed E-state index contributed by atoms with van der Waals surface area (Å²) in [6.45, 7) is 13.6. The van der Waals surface area contributed by atoms with Gasteiger partial charge in [-0.15, -0.1) is 0 Å². The fraction of sp³-hybridized carbons (Fsp3) is 0.269. The summed E-state index contributed by atoms with van der Waals surface area (Å²) in [4.78, 5) is 4.77. The predicted octanol–water partition coefficient (Wildman–Crippen LogP) is 7.52. The summed E-state index contributed by atoms with van der Waals surface area (Å²) in [5, 5.41) is 4.59. The number of hydrogen-bond donors (Lipinski definition) is 1. The number of anilines is 1. The van der Waals surface area contributed by atoms with E-state index >= 15 is 0 Å². The minimum atomic E-state index is -0.0382. The van der Waals surface area contributed by atoms with Crippen LogP contribution in [0.5, 0.6) is 0 Å². The van der Waals surface area contributed by atoms with E-state index in [1.54, 1.807) is 11.3 Å². The molecule has 0 aliphatic carbocycles. The summed E-state index contributed by atoms with van der Waals surface area (Å²) in [5.74, 6) is 0.238. The van der Waals surface area contributed by atoms with Crippen LogP contribution in [0.4, 0.5) is 5.13 Å². The molecule has 0 aliphatic heterocycles. The first kappa shape index (κ1) is 21.1. The normalized spacial score (nSPS) is 13.7. The molecule has 0 saturated heterocycles. The quantitative estimate of drug-likeness (QED) is 0.394. The van der Waals surface area contributed by atoms with E-state index in [0.717, 1.165) is 17.2 Å². The molecule has 2 nitrogen and oxygen atoms in total. The molecule has 0 radical (unpaired) electrons. The van der Waals surface area contributed by atoms with Gasteiger partial charge in [0.1, 0.15) is 0 Å². The molecule has 2 aromatic carbocycles. The van der Waals surface area contributed by atoms with Crippen LogP contribution in [0.25, 0.3) is 10.2 Å². The van der Waals surface area contributed by atoms with Gasteiger partial charge in [-0.05, 0) is 48.1 Å². The Morgan fingerprint density at radius 1 is 1.21 bits per heavy atom. The number of nitrogens with one attached hydrogen (secondary N) is 1. The van der Waals surface area contributed by atoms with E-state index in [9.17, 15) is 0 Å². The van der Waals surface area contributed by atoms with Crippen molar-refractivity contribution < 1.29 is 0 Å². The topological polar surface area (TPSA) is 24.9 Å². The van der Waals surface area contributed by atoms with Crippen LogP contribution in [0, 0.1) is 12.3 Å². The van der Waals surface area contributed by atoms with Gasteiger partial charge >= 0.3 is 0 Å². The van der Waals surface area contributed by atoms with E-state index in [-0.39, 0.29) is 11.3 Å². The molecular formula is C26H30N2S. The molecule has 1 aromatic heterocycles. The Kier molecular flexibility index (Phi) is 6.71. The summed E-state index contributed by atoms with van der Waals surface area (Å²) in [6, 6.07) is 17.1. The smallest absolute Gasteiger partial charge is 0.183 e. The van der Waals surface area contributed by atoms with E-state index in [0.29, 0.717) is 0 Å². The maximum atomic E-state index is 4.77. The van der Waals surface area contributed by atoms with Crippen molar-refractivity contribution in [3.05, 3.63) is 96.1 Å². The van der Waals surface area contributed by atoms with Crippen molar-refractivity contribution in [2.75, 3.05) is 11.9 Å². The molecule has 0 aliphatic rings. The molecule has 0 spiro atoms. The van der Waals surface area contributed by atoms with Crippen LogP contribution >= 0.6 is 11.3 Å². The van der Waals surface area contributed by atoms with Gasteiger partial charge in [0.15, 0.2) is 5.13 Å². The fourth-order valence-electron chi connectivity index (χ4n) is 3.83. The van der Waals surface area contributed by atoms with Gasteiger partial charge < -0.3 is 5.32 Å². The molecule has 0 saturated carbocycles. The van der Waals surface area contributed by atoms with Gasteiger partial charge in [0.2, 0.25) is 0 Å². The van der Waals surface area contributed by atoms with Crippen molar-refractivity contribution >= 4 is 26.7 Å². The molecule has 1 N–H and O–H groups in total. The van der Waals surface area contributed by atoms with Crippen LogP contribution in [-0.2, 0) is 0 Å². The van der Waals surface area contributed by atoms with Gasteiger partial charge in [0.25, 0.3) is 0 Å². The van der Waals surface area contributed by atoms with E-state index in [2.05, 4.69) is 106 Å². The zero-order valence-corrected chi connectivity index (χ0v) is 18.6. The summed E-state index contributed by atoms with van der Waals surface area (Å²) in [6.07, 6.45) is 8.30. The summed E-state index contributed by atoms with van der Waals surface area (Å²) in [5.41, 5.74) is 4.86. The van der Waals surface area contributed by atoms with Crippen LogP contribution in [0.1, 0.15) is 37.8 Å². The lowest BCUT2D eigenvalue weighted by Gasteiger charge is -2.36. The molecule has 1 unspecified atom stereocenters. The highest BCUT2D eigenvalue weighted by molar-refractivity contribution is 7.22. The molecule has 1 atom stereocenters. The third-order valence-electron chi connectivity index (χ3n) is 5.16. The Morgan fingerprint density at radius 2 is 1.97 bits per heavy atom. The van der Waals surface area contributed by atoms with Gasteiger partial charge in [0, 0.05) is 12.5 Å². The van der Waals surface area contributed by atoms with Crippen LogP contribution in [0.2, 0.25) is 0 Å². The molecule has 29 heavy (non-hydrogen) atoms. The lowest BCUT2D eigenvalue weighted by atomic mass is 9.70. The summed E-state index contributed by atoms with van der Waals surface area (Å²) >= 11 is 1.72. The zero-order valence-electron chi connectivity index (χ0n) is 17.8. The van der Waals surface area contributed by atoms with Crippen molar-refractivity contribution in [2.45, 2.75) is 33.6 Å². The number of aryl methyl sites for hydroxylation is 1. The van der Waals surface area contributed by atoms with Crippen LogP contribution in [0.3, 0.4) is 0 Å². The van der Waals surface area contributed by atoms with Crippen LogP contribution in [-0.4, -0.2) is 11.5 Å². The number of benzene rings is 2.